The summed E-state index contributed by atoms with van der Waals surface area (Å²) in [5.41, 5.74) is 3.75. The molecule has 7 heteroatoms. The monoisotopic (exact) mass is 464 g/mol. The Morgan fingerprint density at radius 1 is 1.00 bits per heavy atom. The average Bonchev–Trinajstić information content (AvgIpc) is 3.40. The van der Waals surface area contributed by atoms with Crippen LogP contribution in [0.25, 0.3) is 11.1 Å². The van der Waals surface area contributed by atoms with E-state index in [4.69, 9.17) is 4.74 Å². The average molecular weight is 465 g/mol. The first-order chi connectivity index (χ1) is 16.3. The molecule has 0 bridgehead atoms. The Balaban J connectivity index is 1.31. The molecule has 2 amide bonds. The zero-order valence-electron chi connectivity index (χ0n) is 19.7. The van der Waals surface area contributed by atoms with Gasteiger partial charge in [-0.25, -0.2) is 4.79 Å². The van der Waals surface area contributed by atoms with Gasteiger partial charge in [0, 0.05) is 18.5 Å². The maximum atomic E-state index is 12.7. The molecule has 1 saturated carbocycles. The number of fused-ring (bicyclic) bond motifs is 3. The first-order valence-corrected chi connectivity index (χ1v) is 11.9. The van der Waals surface area contributed by atoms with E-state index < -0.39 is 17.5 Å². The third kappa shape index (κ3) is 4.93. The molecule has 2 aliphatic carbocycles. The largest absolute Gasteiger partial charge is 0.481 e. The third-order valence-corrected chi connectivity index (χ3v) is 7.13. The van der Waals surface area contributed by atoms with E-state index in [1.807, 2.05) is 24.3 Å². The molecule has 0 aromatic heterocycles. The van der Waals surface area contributed by atoms with E-state index in [0.717, 1.165) is 17.5 Å². The number of benzene rings is 2. The van der Waals surface area contributed by atoms with Crippen LogP contribution in [-0.4, -0.2) is 42.3 Å². The summed E-state index contributed by atoms with van der Waals surface area (Å²) in [5.74, 6) is -1.40. The Morgan fingerprint density at radius 2 is 1.62 bits per heavy atom. The number of carbonyl (C=O) groups excluding carboxylic acids is 2. The van der Waals surface area contributed by atoms with E-state index in [1.54, 1.807) is 13.8 Å². The molecule has 7 nitrogen and oxygen atoms in total. The van der Waals surface area contributed by atoms with Crippen LogP contribution in [0.4, 0.5) is 4.79 Å². The number of carboxylic acid groups (broad SMARTS) is 1. The summed E-state index contributed by atoms with van der Waals surface area (Å²) in [6.45, 7) is 3.79. The number of alkyl carbamates (subject to hydrolysis) is 1. The minimum atomic E-state index is -0.901. The standard InChI is InChI=1S/C27H32N2O5/c1-27(2,25(31)32)14-15-28-24(30)21-12-7-13-23(21)29-26(33)34-16-22-19-10-5-3-8-17(19)18-9-4-6-11-20(18)22/h3-6,8-11,21-23H,7,12-16H2,1-2H3,(H,28,30)(H,29,33)(H,31,32)/t21-,23+/m0/s1. The molecule has 1 fully saturated rings. The highest BCUT2D eigenvalue weighted by atomic mass is 16.5. The van der Waals surface area contributed by atoms with Gasteiger partial charge in [0.2, 0.25) is 5.91 Å². The molecule has 2 atom stereocenters. The van der Waals surface area contributed by atoms with Crippen molar-refractivity contribution < 1.29 is 24.2 Å². The zero-order valence-corrected chi connectivity index (χ0v) is 19.7. The molecule has 2 aromatic rings. The molecule has 0 heterocycles. The predicted octanol–water partition coefficient (Wildman–Crippen LogP) is 4.31. The molecule has 3 N–H and O–H groups in total. The summed E-state index contributed by atoms with van der Waals surface area (Å²) in [4.78, 5) is 36.6. The third-order valence-electron chi connectivity index (χ3n) is 7.13. The molecule has 2 aromatic carbocycles. The number of carboxylic acids is 1. The van der Waals surface area contributed by atoms with E-state index >= 15 is 0 Å². The highest BCUT2D eigenvalue weighted by Crippen LogP contribution is 2.44. The second-order valence-corrected chi connectivity index (χ2v) is 9.84. The summed E-state index contributed by atoms with van der Waals surface area (Å²) < 4.78 is 5.63. The van der Waals surface area contributed by atoms with Crippen molar-refractivity contribution in [1.29, 1.82) is 0 Å². The number of rotatable bonds is 8. The lowest BCUT2D eigenvalue weighted by atomic mass is 9.89. The van der Waals surface area contributed by atoms with Gasteiger partial charge in [-0.2, -0.15) is 0 Å². The topological polar surface area (TPSA) is 105 Å². The molecule has 0 unspecified atom stereocenters. The van der Waals surface area contributed by atoms with Crippen molar-refractivity contribution in [2.75, 3.05) is 13.2 Å². The maximum absolute atomic E-state index is 12.7. The van der Waals surface area contributed by atoms with E-state index in [1.165, 1.54) is 11.1 Å². The molecule has 2 aliphatic rings. The van der Waals surface area contributed by atoms with Crippen molar-refractivity contribution in [3.8, 4) is 11.1 Å². The van der Waals surface area contributed by atoms with Gasteiger partial charge in [0.25, 0.3) is 0 Å². The van der Waals surface area contributed by atoms with Crippen molar-refractivity contribution in [1.82, 2.24) is 10.6 Å². The van der Waals surface area contributed by atoms with E-state index in [0.29, 0.717) is 19.3 Å². The van der Waals surface area contributed by atoms with Gasteiger partial charge in [0.15, 0.2) is 0 Å². The van der Waals surface area contributed by atoms with Gasteiger partial charge in [0.1, 0.15) is 6.61 Å². The number of carbonyl (C=O) groups is 3. The summed E-state index contributed by atoms with van der Waals surface area (Å²) >= 11 is 0. The molecule has 34 heavy (non-hydrogen) atoms. The summed E-state index contributed by atoms with van der Waals surface area (Å²) in [5, 5.41) is 15.0. The first-order valence-electron chi connectivity index (χ1n) is 11.9. The summed E-state index contributed by atoms with van der Waals surface area (Å²) in [6, 6.07) is 16.1. The van der Waals surface area contributed by atoms with Crippen LogP contribution in [0.15, 0.2) is 48.5 Å². The van der Waals surface area contributed by atoms with Crippen molar-refractivity contribution in [3.63, 3.8) is 0 Å². The Morgan fingerprint density at radius 3 is 2.24 bits per heavy atom. The van der Waals surface area contributed by atoms with Gasteiger partial charge in [-0.1, -0.05) is 55.0 Å². The number of nitrogens with one attached hydrogen (secondary N) is 2. The number of ether oxygens (including phenoxy) is 1. The highest BCUT2D eigenvalue weighted by Gasteiger charge is 2.35. The normalized spacial score (nSPS) is 19.2. The molecule has 4 rings (SSSR count). The first kappa shape index (κ1) is 23.8. The maximum Gasteiger partial charge on any atom is 0.407 e. The lowest BCUT2D eigenvalue weighted by molar-refractivity contribution is -0.147. The molecule has 0 aliphatic heterocycles. The lowest BCUT2D eigenvalue weighted by Crippen LogP contribution is -2.45. The molecule has 0 saturated heterocycles. The SMILES string of the molecule is CC(C)(CCNC(=O)[C@H]1CCC[C@H]1NC(=O)OCC1c2ccccc2-c2ccccc21)C(=O)O. The lowest BCUT2D eigenvalue weighted by Gasteiger charge is -2.23. The van der Waals surface area contributed by atoms with E-state index in [9.17, 15) is 19.5 Å². The molecular weight excluding hydrogens is 432 g/mol. The van der Waals surface area contributed by atoms with Crippen molar-refractivity contribution >= 4 is 18.0 Å². The Kier molecular flexibility index (Phi) is 6.91. The van der Waals surface area contributed by atoms with Crippen molar-refractivity contribution in [2.24, 2.45) is 11.3 Å². The molecule has 180 valence electrons. The smallest absolute Gasteiger partial charge is 0.407 e. The fraction of sp³-hybridized carbons (Fsp3) is 0.444. The van der Waals surface area contributed by atoms with Crippen LogP contribution in [0.2, 0.25) is 0 Å². The number of hydrogen-bond donors (Lipinski definition) is 3. The molecule has 0 spiro atoms. The predicted molar refractivity (Wildman–Crippen MR) is 128 cm³/mol. The van der Waals surface area contributed by atoms with Crippen LogP contribution >= 0.6 is 0 Å². The van der Waals surface area contributed by atoms with Crippen molar-refractivity contribution in [2.45, 2.75) is 51.5 Å². The number of hydrogen-bond acceptors (Lipinski definition) is 4. The van der Waals surface area contributed by atoms with Crippen LogP contribution in [0.1, 0.15) is 56.6 Å². The van der Waals surface area contributed by atoms with Gasteiger partial charge >= 0.3 is 12.1 Å². The minimum absolute atomic E-state index is 0.0154. The van der Waals surface area contributed by atoms with Crippen LogP contribution in [0.5, 0.6) is 0 Å². The fourth-order valence-corrected chi connectivity index (χ4v) is 4.97. The summed E-state index contributed by atoms with van der Waals surface area (Å²) in [6.07, 6.45) is 2.06. The fourth-order valence-electron chi connectivity index (χ4n) is 4.97. The summed E-state index contributed by atoms with van der Waals surface area (Å²) in [7, 11) is 0. The van der Waals surface area contributed by atoms with E-state index in [2.05, 4.69) is 34.9 Å². The van der Waals surface area contributed by atoms with Crippen LogP contribution < -0.4 is 10.6 Å². The second-order valence-electron chi connectivity index (χ2n) is 9.84. The van der Waals surface area contributed by atoms with Gasteiger partial charge in [-0.3, -0.25) is 9.59 Å². The van der Waals surface area contributed by atoms with Gasteiger partial charge in [-0.15, -0.1) is 0 Å². The zero-order chi connectivity index (χ0) is 24.3. The second kappa shape index (κ2) is 9.87. The van der Waals surface area contributed by atoms with Crippen LogP contribution in [-0.2, 0) is 14.3 Å². The molecule has 0 radical (unpaired) electrons. The number of aliphatic carboxylic acids is 1. The highest BCUT2D eigenvalue weighted by molar-refractivity contribution is 5.81. The minimum Gasteiger partial charge on any atom is -0.481 e. The van der Waals surface area contributed by atoms with Gasteiger partial charge in [-0.05, 0) is 55.4 Å². The van der Waals surface area contributed by atoms with Gasteiger partial charge < -0.3 is 20.5 Å². The Labute approximate surface area is 199 Å². The van der Waals surface area contributed by atoms with Crippen LogP contribution in [0, 0.1) is 11.3 Å². The van der Waals surface area contributed by atoms with E-state index in [-0.39, 0.29) is 36.9 Å². The van der Waals surface area contributed by atoms with Crippen LogP contribution in [0.3, 0.4) is 0 Å². The van der Waals surface area contributed by atoms with Gasteiger partial charge in [0.05, 0.1) is 11.3 Å². The quantitative estimate of drug-likeness (QED) is 0.540. The number of amides is 2. The molecular formula is C27H32N2O5. The Bertz CT molecular complexity index is 1030. The van der Waals surface area contributed by atoms with Crippen molar-refractivity contribution in [3.05, 3.63) is 59.7 Å². The Hall–Kier alpha value is -3.35.